The lowest BCUT2D eigenvalue weighted by atomic mass is 10.0. The zero-order valence-electron chi connectivity index (χ0n) is 70.1. The maximum atomic E-state index is 12.9. The van der Waals surface area contributed by atoms with Crippen LogP contribution >= 0.6 is 7.82 Å². The first-order valence-corrected chi connectivity index (χ1v) is 46.4. The number of allylic oxidation sites excluding steroid dienone is 22. The summed E-state index contributed by atoms with van der Waals surface area (Å²) in [7, 11) is 1.16. The average molecular weight is 1500 g/mol. The molecule has 0 aromatic heterocycles. The molecule has 0 fully saturated rings. The van der Waals surface area contributed by atoms with Gasteiger partial charge in [0.15, 0.2) is 6.10 Å². The van der Waals surface area contributed by atoms with E-state index in [-0.39, 0.29) is 32.0 Å². The maximum Gasteiger partial charge on any atom is 0.306 e. The number of rotatable bonds is 83. The van der Waals surface area contributed by atoms with Gasteiger partial charge in [0.25, 0.3) is 7.82 Å². The highest BCUT2D eigenvalue weighted by atomic mass is 31.2. The fraction of sp³-hybridized carbons (Fsp3) is 0.750. The van der Waals surface area contributed by atoms with Gasteiger partial charge in [-0.05, 0) is 96.3 Å². The highest BCUT2D eigenvalue weighted by Crippen LogP contribution is 2.38. The second-order valence-electron chi connectivity index (χ2n) is 31.2. The molecule has 0 bridgehead atoms. The summed E-state index contributed by atoms with van der Waals surface area (Å²) in [5.41, 5.74) is 0. The Balaban J connectivity index is 3.96. The number of phosphoric ester groups is 1. The molecule has 10 heteroatoms. The average Bonchev–Trinajstić information content (AvgIpc) is 0.908. The fourth-order valence-corrected chi connectivity index (χ4v) is 13.6. The van der Waals surface area contributed by atoms with Crippen molar-refractivity contribution in [1.29, 1.82) is 0 Å². The van der Waals surface area contributed by atoms with E-state index in [0.29, 0.717) is 17.4 Å². The van der Waals surface area contributed by atoms with Crippen LogP contribution in [0.3, 0.4) is 0 Å². The molecular weight excluding hydrogens is 1330 g/mol. The van der Waals surface area contributed by atoms with Crippen LogP contribution in [-0.2, 0) is 32.7 Å². The number of hydrogen-bond donors (Lipinski definition) is 0. The third-order valence-corrected chi connectivity index (χ3v) is 20.6. The fourth-order valence-electron chi connectivity index (χ4n) is 12.9. The first kappa shape index (κ1) is 102. The minimum atomic E-state index is -4.66. The number of quaternary nitrogens is 1. The van der Waals surface area contributed by atoms with Gasteiger partial charge in [0.05, 0.1) is 27.7 Å². The zero-order chi connectivity index (χ0) is 76.8. The monoisotopic (exact) mass is 1500 g/mol. The number of esters is 2. The molecule has 0 aromatic rings. The standard InChI is InChI=1S/C96H170NO8P/c1-6-8-10-12-14-16-18-20-22-24-26-28-30-32-34-36-38-40-42-44-46-48-50-52-54-56-58-60-62-64-66-68-70-72-74-76-78-80-82-84-86-88-95(98)102-92-94(93-104-106(100,101)103-91-90-97(3,4)5)105-96(99)89-87-85-83-81-79-77-75-73-71-69-67-65-63-61-59-57-55-53-51-49-47-45-43-41-39-37-35-33-31-29-27-25-23-21-19-17-15-13-11-9-7-2/h9,11,15,17,21,23,27,29,33,35,39,41,45,47,51,53,57,59,63,65,69,71,94H,6-8,10,12-14,16,18-20,22,24-26,28,30-32,34,36-38,40,42-44,46,48-50,52,54-56,58,60-62,64,66-68,70,72-93H2,1-5H3/b11-9-,17-15-,23-21-,29-27-,35-33-,41-39-,47-45-,53-51-,59-57-,65-63-,71-69-. The van der Waals surface area contributed by atoms with E-state index in [0.717, 1.165) is 122 Å². The van der Waals surface area contributed by atoms with Crippen LogP contribution < -0.4 is 4.89 Å². The quantitative estimate of drug-likeness (QED) is 0.0195. The lowest BCUT2D eigenvalue weighted by Gasteiger charge is -2.28. The summed E-state index contributed by atoms with van der Waals surface area (Å²) in [6.07, 6.45) is 125. The van der Waals surface area contributed by atoms with Gasteiger partial charge >= 0.3 is 11.9 Å². The van der Waals surface area contributed by atoms with Gasteiger partial charge in [0, 0.05) is 12.8 Å². The first-order chi connectivity index (χ1) is 52.0. The largest absolute Gasteiger partial charge is 0.756 e. The predicted octanol–water partition coefficient (Wildman–Crippen LogP) is 30.0. The van der Waals surface area contributed by atoms with Crippen LogP contribution in [0.5, 0.6) is 0 Å². The summed E-state index contributed by atoms with van der Waals surface area (Å²) in [6, 6.07) is 0. The second-order valence-corrected chi connectivity index (χ2v) is 32.7. The number of phosphoric acid groups is 1. The predicted molar refractivity (Wildman–Crippen MR) is 461 cm³/mol. The number of ether oxygens (including phenoxy) is 2. The number of unbranched alkanes of at least 4 members (excludes halogenated alkanes) is 47. The summed E-state index contributed by atoms with van der Waals surface area (Å²) in [5.74, 6) is -0.837. The summed E-state index contributed by atoms with van der Waals surface area (Å²) < 4.78 is 34.5. The van der Waals surface area contributed by atoms with Gasteiger partial charge in [0.2, 0.25) is 0 Å². The Morgan fingerprint density at radius 1 is 0.302 bits per heavy atom. The normalized spacial score (nSPS) is 13.6. The molecule has 0 aromatic carbocycles. The zero-order valence-corrected chi connectivity index (χ0v) is 71.0. The van der Waals surface area contributed by atoms with Crippen molar-refractivity contribution in [3.8, 4) is 0 Å². The molecule has 0 spiro atoms. The van der Waals surface area contributed by atoms with Gasteiger partial charge in [-0.2, -0.15) is 0 Å². The number of nitrogens with zero attached hydrogens (tertiary/aromatic N) is 1. The third kappa shape index (κ3) is 89.0. The molecule has 0 radical (unpaired) electrons. The van der Waals surface area contributed by atoms with Crippen LogP contribution in [0.25, 0.3) is 0 Å². The van der Waals surface area contributed by atoms with Gasteiger partial charge in [-0.3, -0.25) is 14.2 Å². The highest BCUT2D eigenvalue weighted by molar-refractivity contribution is 7.45. The van der Waals surface area contributed by atoms with Crippen LogP contribution in [0.2, 0.25) is 0 Å². The Kier molecular flexibility index (Phi) is 82.1. The number of hydrogen-bond acceptors (Lipinski definition) is 8. The van der Waals surface area contributed by atoms with Crippen molar-refractivity contribution in [3.05, 3.63) is 134 Å². The van der Waals surface area contributed by atoms with Crippen LogP contribution in [0.4, 0.5) is 0 Å². The molecule has 2 unspecified atom stereocenters. The number of carbonyl (C=O) groups excluding carboxylic acids is 2. The molecule has 0 aliphatic carbocycles. The molecule has 0 N–H and O–H groups in total. The van der Waals surface area contributed by atoms with E-state index in [9.17, 15) is 19.0 Å². The van der Waals surface area contributed by atoms with E-state index in [2.05, 4.69) is 148 Å². The smallest absolute Gasteiger partial charge is 0.306 e. The van der Waals surface area contributed by atoms with E-state index in [4.69, 9.17) is 18.5 Å². The van der Waals surface area contributed by atoms with Crippen molar-refractivity contribution in [2.24, 2.45) is 0 Å². The Bertz CT molecular complexity index is 2260. The molecule has 0 heterocycles. The lowest BCUT2D eigenvalue weighted by molar-refractivity contribution is -0.870. The van der Waals surface area contributed by atoms with E-state index < -0.39 is 26.5 Å². The molecular formula is C96H170NO8P. The molecule has 0 aliphatic rings. The third-order valence-electron chi connectivity index (χ3n) is 19.7. The second kappa shape index (κ2) is 85.2. The van der Waals surface area contributed by atoms with Gasteiger partial charge in [-0.25, -0.2) is 0 Å². The molecule has 0 saturated heterocycles. The Morgan fingerprint density at radius 3 is 0.802 bits per heavy atom. The van der Waals surface area contributed by atoms with Gasteiger partial charge in [-0.1, -0.05) is 436 Å². The summed E-state index contributed by atoms with van der Waals surface area (Å²) in [4.78, 5) is 38.3. The van der Waals surface area contributed by atoms with E-state index in [1.54, 1.807) is 0 Å². The summed E-state index contributed by atoms with van der Waals surface area (Å²) in [6.45, 7) is 4.16. The van der Waals surface area contributed by atoms with Crippen molar-refractivity contribution in [2.45, 2.75) is 418 Å². The van der Waals surface area contributed by atoms with Crippen LogP contribution in [0.1, 0.15) is 412 Å². The van der Waals surface area contributed by atoms with Gasteiger partial charge in [0.1, 0.15) is 19.8 Å². The molecule has 2 atom stereocenters. The summed E-state index contributed by atoms with van der Waals surface area (Å²) in [5, 5.41) is 0. The van der Waals surface area contributed by atoms with Crippen molar-refractivity contribution >= 4 is 19.8 Å². The van der Waals surface area contributed by atoms with Gasteiger partial charge < -0.3 is 27.9 Å². The van der Waals surface area contributed by atoms with E-state index in [1.807, 2.05) is 21.1 Å². The highest BCUT2D eigenvalue weighted by Gasteiger charge is 2.22. The lowest BCUT2D eigenvalue weighted by Crippen LogP contribution is -2.37. The number of carbonyl (C=O) groups is 2. The van der Waals surface area contributed by atoms with Crippen LogP contribution in [0.15, 0.2) is 134 Å². The SMILES string of the molecule is CC/C=C\C/C=C\C/C=C\C/C=C\C/C=C\C/C=C\C/C=C\C/C=C\C/C=C\C/C=C\C/C=C\CCCCCCCCCC(=O)OC(COC(=O)CCCCCCCCCCCCCCCCCCCCCCCCCCCCCCCCCCCCCCCCCCC)COP(=O)([O-])OCC[N+](C)(C)C. The molecule has 0 amide bonds. The summed E-state index contributed by atoms with van der Waals surface area (Å²) >= 11 is 0. The molecule has 9 nitrogen and oxygen atoms in total. The first-order valence-electron chi connectivity index (χ1n) is 44.9. The minimum absolute atomic E-state index is 0.0374. The molecule has 612 valence electrons. The van der Waals surface area contributed by atoms with E-state index >= 15 is 0 Å². The van der Waals surface area contributed by atoms with E-state index in [1.165, 1.54) is 257 Å². The maximum absolute atomic E-state index is 12.9. The molecule has 0 aliphatic heterocycles. The Morgan fingerprint density at radius 2 is 0.538 bits per heavy atom. The minimum Gasteiger partial charge on any atom is -0.756 e. The van der Waals surface area contributed by atoms with Crippen LogP contribution in [-0.4, -0.2) is 70.0 Å². The Hall–Kier alpha value is -3.85. The molecule has 0 saturated carbocycles. The van der Waals surface area contributed by atoms with Crippen molar-refractivity contribution in [3.63, 3.8) is 0 Å². The van der Waals surface area contributed by atoms with Crippen LogP contribution in [0, 0.1) is 0 Å². The topological polar surface area (TPSA) is 111 Å². The number of likely N-dealkylation sites (N-methyl/N-ethyl adjacent to an activating group) is 1. The van der Waals surface area contributed by atoms with Crippen molar-refractivity contribution < 1.29 is 42.1 Å². The van der Waals surface area contributed by atoms with Crippen molar-refractivity contribution in [1.82, 2.24) is 0 Å². The van der Waals surface area contributed by atoms with Crippen molar-refractivity contribution in [2.75, 3.05) is 47.5 Å². The molecule has 106 heavy (non-hydrogen) atoms. The Labute approximate surface area is 657 Å². The molecule has 0 rings (SSSR count). The van der Waals surface area contributed by atoms with Gasteiger partial charge in [-0.15, -0.1) is 0 Å².